The van der Waals surface area contributed by atoms with Gasteiger partial charge in [-0.05, 0) is 32.2 Å². The normalized spacial score (nSPS) is 26.1. The number of aromatic nitrogens is 1. The monoisotopic (exact) mass is 323 g/mol. The minimum absolute atomic E-state index is 0.115. The molecule has 0 spiro atoms. The summed E-state index contributed by atoms with van der Waals surface area (Å²) in [5, 5.41) is 14.1. The van der Waals surface area contributed by atoms with Crippen molar-refractivity contribution in [2.24, 2.45) is 0 Å². The van der Waals surface area contributed by atoms with E-state index >= 15 is 0 Å². The standard InChI is InChI=1S/C16H25N3O2S/c1-13(20)19-8-4-16(21,5-9-19)12-18-7-2-3-14(11-18)15-17-6-10-22-15/h6,10,14,21H,2-5,7-9,11-12H2,1H3. The highest BCUT2D eigenvalue weighted by molar-refractivity contribution is 7.09. The van der Waals surface area contributed by atoms with E-state index in [-0.39, 0.29) is 5.91 Å². The molecule has 0 bridgehead atoms. The maximum atomic E-state index is 11.4. The van der Waals surface area contributed by atoms with E-state index in [0.29, 0.717) is 31.8 Å². The number of likely N-dealkylation sites (tertiary alicyclic amines) is 2. The van der Waals surface area contributed by atoms with Crippen LogP contribution in [0.15, 0.2) is 11.6 Å². The quantitative estimate of drug-likeness (QED) is 0.920. The fourth-order valence-electron chi connectivity index (χ4n) is 3.65. The molecular weight excluding hydrogens is 298 g/mol. The lowest BCUT2D eigenvalue weighted by Crippen LogP contribution is -2.53. The van der Waals surface area contributed by atoms with Crippen LogP contribution in [0.25, 0.3) is 0 Å². The summed E-state index contributed by atoms with van der Waals surface area (Å²) in [5.74, 6) is 0.624. The molecule has 22 heavy (non-hydrogen) atoms. The lowest BCUT2D eigenvalue weighted by Gasteiger charge is -2.42. The summed E-state index contributed by atoms with van der Waals surface area (Å²) in [6.07, 6.45) is 5.61. The number of piperidine rings is 2. The second kappa shape index (κ2) is 6.64. The first kappa shape index (κ1) is 15.9. The maximum absolute atomic E-state index is 11.4. The first-order valence-corrected chi connectivity index (χ1v) is 9.03. The van der Waals surface area contributed by atoms with E-state index in [0.717, 1.165) is 19.6 Å². The van der Waals surface area contributed by atoms with Gasteiger partial charge in [0.05, 0.1) is 10.6 Å². The molecule has 1 amide bonds. The Morgan fingerprint density at radius 1 is 1.45 bits per heavy atom. The zero-order valence-electron chi connectivity index (χ0n) is 13.2. The molecule has 122 valence electrons. The van der Waals surface area contributed by atoms with Crippen LogP contribution in [0.4, 0.5) is 0 Å². The molecule has 0 aliphatic carbocycles. The molecule has 1 N–H and O–H groups in total. The van der Waals surface area contributed by atoms with Crippen molar-refractivity contribution in [1.82, 2.24) is 14.8 Å². The number of carbonyl (C=O) groups excluding carboxylic acids is 1. The van der Waals surface area contributed by atoms with Crippen LogP contribution in [0.2, 0.25) is 0 Å². The topological polar surface area (TPSA) is 56.7 Å². The molecule has 2 aliphatic heterocycles. The third-order valence-electron chi connectivity index (χ3n) is 4.96. The zero-order valence-corrected chi connectivity index (χ0v) is 14.0. The zero-order chi connectivity index (χ0) is 15.6. The van der Waals surface area contributed by atoms with Crippen molar-refractivity contribution >= 4 is 17.2 Å². The van der Waals surface area contributed by atoms with Crippen LogP contribution in [0.5, 0.6) is 0 Å². The first-order valence-electron chi connectivity index (χ1n) is 8.15. The number of thiazole rings is 1. The van der Waals surface area contributed by atoms with Gasteiger partial charge in [0.15, 0.2) is 0 Å². The Balaban J connectivity index is 1.55. The molecule has 3 heterocycles. The van der Waals surface area contributed by atoms with Crippen LogP contribution in [-0.4, -0.2) is 64.1 Å². The van der Waals surface area contributed by atoms with Crippen molar-refractivity contribution in [3.05, 3.63) is 16.6 Å². The summed E-state index contributed by atoms with van der Waals surface area (Å²) in [5.41, 5.74) is -0.642. The average molecular weight is 323 g/mol. The van der Waals surface area contributed by atoms with E-state index in [1.807, 2.05) is 16.5 Å². The van der Waals surface area contributed by atoms with Crippen LogP contribution in [-0.2, 0) is 4.79 Å². The molecule has 0 saturated carbocycles. The largest absolute Gasteiger partial charge is 0.388 e. The lowest BCUT2D eigenvalue weighted by molar-refractivity contribution is -0.133. The van der Waals surface area contributed by atoms with Crippen molar-refractivity contribution in [1.29, 1.82) is 0 Å². The Kier molecular flexibility index (Phi) is 4.80. The molecule has 0 radical (unpaired) electrons. The molecule has 5 nitrogen and oxygen atoms in total. The summed E-state index contributed by atoms with van der Waals surface area (Å²) in [7, 11) is 0. The highest BCUT2D eigenvalue weighted by atomic mass is 32.1. The summed E-state index contributed by atoms with van der Waals surface area (Å²) >= 11 is 1.74. The molecule has 1 unspecified atom stereocenters. The minimum Gasteiger partial charge on any atom is -0.388 e. The Bertz CT molecular complexity index is 497. The molecule has 6 heteroatoms. The number of rotatable bonds is 3. The van der Waals surface area contributed by atoms with Gasteiger partial charge in [0.25, 0.3) is 0 Å². The average Bonchev–Trinajstić information content (AvgIpc) is 3.02. The van der Waals surface area contributed by atoms with Gasteiger partial charge in [-0.1, -0.05) is 0 Å². The van der Waals surface area contributed by atoms with E-state index in [4.69, 9.17) is 0 Å². The van der Waals surface area contributed by atoms with Crippen molar-refractivity contribution in [3.63, 3.8) is 0 Å². The van der Waals surface area contributed by atoms with E-state index in [1.54, 1.807) is 18.3 Å². The number of β-amino-alcohol motifs (C(OH)–C–C–N with tert-alkyl or cyclic N) is 1. The highest BCUT2D eigenvalue weighted by Gasteiger charge is 2.36. The highest BCUT2D eigenvalue weighted by Crippen LogP contribution is 2.31. The van der Waals surface area contributed by atoms with Crippen LogP contribution in [0.3, 0.4) is 0 Å². The number of hydrogen-bond donors (Lipinski definition) is 1. The summed E-state index contributed by atoms with van der Waals surface area (Å²) in [6, 6.07) is 0. The molecule has 1 aromatic rings. The van der Waals surface area contributed by atoms with Gasteiger partial charge in [-0.25, -0.2) is 4.98 Å². The van der Waals surface area contributed by atoms with E-state index in [2.05, 4.69) is 9.88 Å². The molecule has 1 aromatic heterocycles. The van der Waals surface area contributed by atoms with Crippen LogP contribution >= 0.6 is 11.3 Å². The van der Waals surface area contributed by atoms with Crippen molar-refractivity contribution < 1.29 is 9.90 Å². The fourth-order valence-corrected chi connectivity index (χ4v) is 4.42. The smallest absolute Gasteiger partial charge is 0.219 e. The lowest BCUT2D eigenvalue weighted by atomic mass is 9.89. The Hall–Kier alpha value is -0.980. The molecule has 2 saturated heterocycles. The molecule has 2 fully saturated rings. The van der Waals surface area contributed by atoms with Gasteiger partial charge < -0.3 is 10.0 Å². The number of aliphatic hydroxyl groups is 1. The second-order valence-corrected chi connectivity index (χ2v) is 7.60. The van der Waals surface area contributed by atoms with Crippen LogP contribution in [0, 0.1) is 0 Å². The van der Waals surface area contributed by atoms with Gasteiger partial charge in [0.1, 0.15) is 0 Å². The predicted molar refractivity (Wildman–Crippen MR) is 87.0 cm³/mol. The molecule has 3 rings (SSSR count). The van der Waals surface area contributed by atoms with Gasteiger partial charge >= 0.3 is 0 Å². The van der Waals surface area contributed by atoms with Crippen LogP contribution in [0.1, 0.15) is 43.5 Å². The molecule has 0 aromatic carbocycles. The first-order chi connectivity index (χ1) is 10.6. The molecule has 2 aliphatic rings. The Morgan fingerprint density at radius 3 is 2.86 bits per heavy atom. The van der Waals surface area contributed by atoms with Gasteiger partial charge in [0.2, 0.25) is 5.91 Å². The second-order valence-electron chi connectivity index (χ2n) is 6.68. The number of carbonyl (C=O) groups is 1. The third-order valence-corrected chi connectivity index (χ3v) is 5.90. The van der Waals surface area contributed by atoms with Gasteiger partial charge in [-0.15, -0.1) is 11.3 Å². The van der Waals surface area contributed by atoms with Gasteiger partial charge in [-0.2, -0.15) is 0 Å². The van der Waals surface area contributed by atoms with E-state index in [1.165, 1.54) is 17.8 Å². The Labute approximate surface area is 135 Å². The maximum Gasteiger partial charge on any atom is 0.219 e. The summed E-state index contributed by atoms with van der Waals surface area (Å²) in [6.45, 7) is 5.73. The van der Waals surface area contributed by atoms with Crippen molar-refractivity contribution in [2.75, 3.05) is 32.7 Å². The van der Waals surface area contributed by atoms with Crippen LogP contribution < -0.4 is 0 Å². The van der Waals surface area contributed by atoms with E-state index in [9.17, 15) is 9.90 Å². The van der Waals surface area contributed by atoms with Gasteiger partial charge in [-0.3, -0.25) is 9.69 Å². The van der Waals surface area contributed by atoms with Crippen molar-refractivity contribution in [3.8, 4) is 0 Å². The summed E-state index contributed by atoms with van der Waals surface area (Å²) < 4.78 is 0. The molecule has 1 atom stereocenters. The fraction of sp³-hybridized carbons (Fsp3) is 0.750. The van der Waals surface area contributed by atoms with E-state index < -0.39 is 5.60 Å². The third kappa shape index (κ3) is 3.67. The number of amides is 1. The Morgan fingerprint density at radius 2 is 2.23 bits per heavy atom. The van der Waals surface area contributed by atoms with Gasteiger partial charge in [0, 0.05) is 50.6 Å². The number of nitrogens with zero attached hydrogens (tertiary/aromatic N) is 3. The minimum atomic E-state index is -0.642. The van der Waals surface area contributed by atoms with Crippen molar-refractivity contribution in [2.45, 2.75) is 44.1 Å². The molecular formula is C16H25N3O2S. The predicted octanol–water partition coefficient (Wildman–Crippen LogP) is 1.70. The summed E-state index contributed by atoms with van der Waals surface area (Å²) in [4.78, 5) is 20.1. The number of hydrogen-bond acceptors (Lipinski definition) is 5. The SMILES string of the molecule is CC(=O)N1CCC(O)(CN2CCCC(c3nccs3)C2)CC1.